The molecule has 0 amide bonds. The summed E-state index contributed by atoms with van der Waals surface area (Å²) < 4.78 is 32.0. The minimum atomic E-state index is -0.569. The predicted octanol–water partition coefficient (Wildman–Crippen LogP) is 3.37. The van der Waals surface area contributed by atoms with E-state index in [1.165, 1.54) is 12.1 Å². The molecule has 0 aliphatic carbocycles. The number of rotatable bonds is 7. The molecule has 2 aromatic rings. The van der Waals surface area contributed by atoms with Crippen molar-refractivity contribution in [2.75, 3.05) is 26.7 Å². The van der Waals surface area contributed by atoms with Crippen LogP contribution in [-0.4, -0.2) is 32.7 Å². The molecule has 0 aliphatic rings. The zero-order chi connectivity index (χ0) is 17.2. The third-order valence-corrected chi connectivity index (χ3v) is 3.33. The van der Waals surface area contributed by atoms with Crippen molar-refractivity contribution in [2.24, 2.45) is 4.99 Å². The van der Waals surface area contributed by atoms with Gasteiger partial charge in [0.05, 0.1) is 6.54 Å². The summed E-state index contributed by atoms with van der Waals surface area (Å²) in [6, 6.07) is 13.1. The van der Waals surface area contributed by atoms with Gasteiger partial charge in [-0.1, -0.05) is 24.3 Å². The van der Waals surface area contributed by atoms with Crippen molar-refractivity contribution in [2.45, 2.75) is 6.42 Å². The van der Waals surface area contributed by atoms with Crippen LogP contribution in [0.3, 0.4) is 0 Å². The molecule has 0 atom stereocenters. The van der Waals surface area contributed by atoms with Gasteiger partial charge in [0.1, 0.15) is 24.0 Å². The van der Waals surface area contributed by atoms with E-state index in [1.807, 2.05) is 30.3 Å². The lowest BCUT2D eigenvalue weighted by atomic mass is 10.1. The van der Waals surface area contributed by atoms with Gasteiger partial charge in [0.15, 0.2) is 5.96 Å². The van der Waals surface area contributed by atoms with E-state index in [1.54, 1.807) is 7.05 Å². The van der Waals surface area contributed by atoms with Crippen molar-refractivity contribution in [1.29, 1.82) is 0 Å². The van der Waals surface area contributed by atoms with Crippen LogP contribution in [-0.2, 0) is 6.42 Å². The summed E-state index contributed by atoms with van der Waals surface area (Å²) in [5, 5.41) is 6.19. The van der Waals surface area contributed by atoms with Crippen LogP contribution in [0.15, 0.2) is 53.5 Å². The van der Waals surface area contributed by atoms with Crippen molar-refractivity contribution >= 4 is 29.9 Å². The van der Waals surface area contributed by atoms with Crippen LogP contribution in [0.2, 0.25) is 0 Å². The number of halogens is 3. The molecule has 136 valence electrons. The molecule has 2 N–H and O–H groups in total. The SMILES string of the molecule is CN=C(NCCOc1ccccc1)NCCc1ccc(F)cc1F.I. The summed E-state index contributed by atoms with van der Waals surface area (Å²) in [7, 11) is 1.66. The highest BCUT2D eigenvalue weighted by Gasteiger charge is 2.04. The summed E-state index contributed by atoms with van der Waals surface area (Å²) in [4.78, 5) is 4.09. The van der Waals surface area contributed by atoms with Gasteiger partial charge in [0.2, 0.25) is 0 Å². The maximum absolute atomic E-state index is 13.5. The monoisotopic (exact) mass is 461 g/mol. The van der Waals surface area contributed by atoms with Crippen molar-refractivity contribution in [3.63, 3.8) is 0 Å². The van der Waals surface area contributed by atoms with Gasteiger partial charge in [0.25, 0.3) is 0 Å². The topological polar surface area (TPSA) is 45.7 Å². The molecule has 4 nitrogen and oxygen atoms in total. The van der Waals surface area contributed by atoms with Crippen LogP contribution in [0.1, 0.15) is 5.56 Å². The van der Waals surface area contributed by atoms with Crippen molar-refractivity contribution in [1.82, 2.24) is 10.6 Å². The first-order chi connectivity index (χ1) is 11.7. The molecule has 0 spiro atoms. The Labute approximate surface area is 163 Å². The Bertz CT molecular complexity index is 669. The van der Waals surface area contributed by atoms with Gasteiger partial charge in [-0.15, -0.1) is 24.0 Å². The average Bonchev–Trinajstić information content (AvgIpc) is 2.59. The number of guanidine groups is 1. The molecule has 0 aromatic heterocycles. The molecule has 7 heteroatoms. The molecule has 0 radical (unpaired) electrons. The van der Waals surface area contributed by atoms with Gasteiger partial charge in [-0.3, -0.25) is 4.99 Å². The number of benzene rings is 2. The fourth-order valence-electron chi connectivity index (χ4n) is 2.12. The lowest BCUT2D eigenvalue weighted by Crippen LogP contribution is -2.40. The fraction of sp³-hybridized carbons (Fsp3) is 0.278. The van der Waals surface area contributed by atoms with E-state index >= 15 is 0 Å². The Morgan fingerprint density at radius 3 is 2.44 bits per heavy atom. The number of nitrogens with one attached hydrogen (secondary N) is 2. The fourth-order valence-corrected chi connectivity index (χ4v) is 2.12. The Morgan fingerprint density at radius 2 is 1.76 bits per heavy atom. The molecular formula is C18H22F2IN3O. The summed E-state index contributed by atoms with van der Waals surface area (Å²) >= 11 is 0. The third-order valence-electron chi connectivity index (χ3n) is 3.33. The molecule has 0 saturated carbocycles. The normalized spacial score (nSPS) is 10.8. The van der Waals surface area contributed by atoms with Crippen molar-refractivity contribution < 1.29 is 13.5 Å². The molecule has 0 saturated heterocycles. The van der Waals surface area contributed by atoms with Crippen molar-refractivity contribution in [3.8, 4) is 5.75 Å². The van der Waals surface area contributed by atoms with Crippen LogP contribution in [0.4, 0.5) is 8.78 Å². The van der Waals surface area contributed by atoms with Crippen LogP contribution in [0.25, 0.3) is 0 Å². The number of nitrogens with zero attached hydrogens (tertiary/aromatic N) is 1. The first-order valence-corrected chi connectivity index (χ1v) is 7.75. The van der Waals surface area contributed by atoms with Gasteiger partial charge in [-0.25, -0.2) is 8.78 Å². The highest BCUT2D eigenvalue weighted by Crippen LogP contribution is 2.09. The van der Waals surface area contributed by atoms with Gasteiger partial charge >= 0.3 is 0 Å². The van der Waals surface area contributed by atoms with E-state index in [0.29, 0.717) is 37.6 Å². The molecule has 0 unspecified atom stereocenters. The number of hydrogen-bond donors (Lipinski definition) is 2. The van der Waals surface area contributed by atoms with E-state index in [2.05, 4.69) is 15.6 Å². The van der Waals surface area contributed by atoms with Gasteiger partial charge in [-0.2, -0.15) is 0 Å². The van der Waals surface area contributed by atoms with E-state index in [0.717, 1.165) is 11.8 Å². The molecule has 0 bridgehead atoms. The second kappa shape index (κ2) is 11.6. The smallest absolute Gasteiger partial charge is 0.191 e. The van der Waals surface area contributed by atoms with E-state index in [9.17, 15) is 8.78 Å². The number of hydrogen-bond acceptors (Lipinski definition) is 2. The highest BCUT2D eigenvalue weighted by molar-refractivity contribution is 14.0. The minimum absolute atomic E-state index is 0. The van der Waals surface area contributed by atoms with Gasteiger partial charge in [-0.05, 0) is 30.2 Å². The van der Waals surface area contributed by atoms with Crippen LogP contribution in [0.5, 0.6) is 5.75 Å². The lowest BCUT2D eigenvalue weighted by molar-refractivity contribution is 0.322. The largest absolute Gasteiger partial charge is 0.492 e. The van der Waals surface area contributed by atoms with E-state index in [-0.39, 0.29) is 24.0 Å². The highest BCUT2D eigenvalue weighted by atomic mass is 127. The Hall–Kier alpha value is -1.90. The number of aliphatic imine (C=N–C) groups is 1. The molecule has 25 heavy (non-hydrogen) atoms. The number of para-hydroxylation sites is 1. The second-order valence-electron chi connectivity index (χ2n) is 5.07. The summed E-state index contributed by atoms with van der Waals surface area (Å²) in [5.74, 6) is 0.319. The first-order valence-electron chi connectivity index (χ1n) is 7.75. The number of ether oxygens (including phenoxy) is 1. The van der Waals surface area contributed by atoms with Crippen LogP contribution >= 0.6 is 24.0 Å². The standard InChI is InChI=1S/C18H21F2N3O.HI/c1-21-18(23-11-12-24-16-5-3-2-4-6-16)22-10-9-14-7-8-15(19)13-17(14)20;/h2-8,13H,9-12H2,1H3,(H2,21,22,23);1H. The predicted molar refractivity (Wildman–Crippen MR) is 107 cm³/mol. The summed E-state index contributed by atoms with van der Waals surface area (Å²) in [6.07, 6.45) is 0.438. The summed E-state index contributed by atoms with van der Waals surface area (Å²) in [6.45, 7) is 1.57. The quantitative estimate of drug-likeness (QED) is 0.288. The second-order valence-corrected chi connectivity index (χ2v) is 5.07. The zero-order valence-electron chi connectivity index (χ0n) is 14.0. The maximum Gasteiger partial charge on any atom is 0.191 e. The maximum atomic E-state index is 13.5. The van der Waals surface area contributed by atoms with Crippen LogP contribution in [0, 0.1) is 11.6 Å². The zero-order valence-corrected chi connectivity index (χ0v) is 16.3. The van der Waals surface area contributed by atoms with E-state index in [4.69, 9.17) is 4.74 Å². The molecule has 0 fully saturated rings. The molecule has 2 rings (SSSR count). The minimum Gasteiger partial charge on any atom is -0.492 e. The first kappa shape index (κ1) is 21.1. The molecule has 0 heterocycles. The lowest BCUT2D eigenvalue weighted by Gasteiger charge is -2.12. The van der Waals surface area contributed by atoms with Crippen LogP contribution < -0.4 is 15.4 Å². The Balaban J connectivity index is 0.00000312. The van der Waals surface area contributed by atoms with Crippen molar-refractivity contribution in [3.05, 3.63) is 65.7 Å². The van der Waals surface area contributed by atoms with Gasteiger partial charge in [0, 0.05) is 19.7 Å². The Morgan fingerprint density at radius 1 is 1.04 bits per heavy atom. The molecular weight excluding hydrogens is 439 g/mol. The molecule has 2 aromatic carbocycles. The van der Waals surface area contributed by atoms with E-state index < -0.39 is 11.6 Å². The van der Waals surface area contributed by atoms with Gasteiger partial charge < -0.3 is 15.4 Å². The molecule has 0 aliphatic heterocycles. The Kier molecular flexibility index (Phi) is 9.83. The average molecular weight is 461 g/mol. The third kappa shape index (κ3) is 7.68. The summed E-state index contributed by atoms with van der Waals surface area (Å²) in [5.41, 5.74) is 0.465.